The van der Waals surface area contributed by atoms with Crippen molar-refractivity contribution in [3.05, 3.63) is 17.5 Å². The molecule has 3 fully saturated rings. The molecule has 7 heteroatoms. The van der Waals surface area contributed by atoms with Crippen molar-refractivity contribution in [3.63, 3.8) is 0 Å². The Kier molecular flexibility index (Phi) is 5.36. The fourth-order valence-corrected chi connectivity index (χ4v) is 4.54. The number of likely N-dealkylation sites (tertiary alicyclic amines) is 1. The van der Waals surface area contributed by atoms with Crippen LogP contribution in [-0.4, -0.2) is 45.8 Å². The number of aryl methyl sites for hydroxylation is 1. The van der Waals surface area contributed by atoms with Gasteiger partial charge in [0.25, 0.3) is 0 Å². The maximum Gasteiger partial charge on any atom is 0.315 e. The summed E-state index contributed by atoms with van der Waals surface area (Å²) in [6.07, 6.45) is 10.4. The van der Waals surface area contributed by atoms with Gasteiger partial charge < -0.3 is 15.5 Å². The molecule has 7 nitrogen and oxygen atoms in total. The van der Waals surface area contributed by atoms with Gasteiger partial charge in [-0.2, -0.15) is 5.10 Å². The zero-order valence-corrected chi connectivity index (χ0v) is 16.2. The number of nitrogens with one attached hydrogen (secondary N) is 2. The molecule has 2 atom stereocenters. The Bertz CT molecular complexity index is 691. The van der Waals surface area contributed by atoms with Gasteiger partial charge in [0.05, 0.1) is 18.4 Å². The summed E-state index contributed by atoms with van der Waals surface area (Å²) in [5.74, 6) is 0.991. The summed E-state index contributed by atoms with van der Waals surface area (Å²) < 4.78 is 1.86. The number of carbonyl (C=O) groups is 2. The molecule has 27 heavy (non-hydrogen) atoms. The first-order valence-electron chi connectivity index (χ1n) is 10.5. The van der Waals surface area contributed by atoms with Gasteiger partial charge >= 0.3 is 6.03 Å². The lowest BCUT2D eigenvalue weighted by Crippen LogP contribution is -2.42. The van der Waals surface area contributed by atoms with Crippen molar-refractivity contribution in [2.45, 2.75) is 69.9 Å². The third kappa shape index (κ3) is 4.28. The average molecular weight is 374 g/mol. The molecule has 1 aromatic rings. The van der Waals surface area contributed by atoms with E-state index in [4.69, 9.17) is 0 Å². The number of piperidine rings is 1. The predicted octanol–water partition coefficient (Wildman–Crippen LogP) is 2.28. The van der Waals surface area contributed by atoms with Crippen molar-refractivity contribution in [1.82, 2.24) is 25.3 Å². The largest absolute Gasteiger partial charge is 0.342 e. The summed E-state index contributed by atoms with van der Waals surface area (Å²) in [6.45, 7) is 2.31. The van der Waals surface area contributed by atoms with Crippen LogP contribution in [0.3, 0.4) is 0 Å². The number of urea groups is 1. The van der Waals surface area contributed by atoms with E-state index in [-0.39, 0.29) is 18.0 Å². The Hall–Kier alpha value is -2.05. The van der Waals surface area contributed by atoms with Gasteiger partial charge in [0.2, 0.25) is 5.91 Å². The van der Waals surface area contributed by atoms with E-state index in [1.807, 2.05) is 22.8 Å². The molecule has 2 saturated carbocycles. The van der Waals surface area contributed by atoms with E-state index in [1.165, 1.54) is 24.8 Å². The highest BCUT2D eigenvalue weighted by Gasteiger charge is 2.34. The van der Waals surface area contributed by atoms with E-state index in [9.17, 15) is 9.59 Å². The Morgan fingerprint density at radius 2 is 1.93 bits per heavy atom. The van der Waals surface area contributed by atoms with Crippen LogP contribution in [-0.2, 0) is 18.4 Å². The molecule has 2 N–H and O–H groups in total. The summed E-state index contributed by atoms with van der Waals surface area (Å²) in [4.78, 5) is 27.0. The number of hydrogen-bond acceptors (Lipinski definition) is 3. The zero-order valence-electron chi connectivity index (χ0n) is 16.2. The Morgan fingerprint density at radius 3 is 2.67 bits per heavy atom. The second-order valence-corrected chi connectivity index (χ2v) is 8.36. The highest BCUT2D eigenvalue weighted by Crippen LogP contribution is 2.41. The molecule has 0 spiro atoms. The fourth-order valence-electron chi connectivity index (χ4n) is 4.54. The minimum atomic E-state index is -0.144. The van der Waals surface area contributed by atoms with Crippen LogP contribution < -0.4 is 10.6 Å². The monoisotopic (exact) mass is 373 g/mol. The first kappa shape index (κ1) is 18.3. The Labute approximate surface area is 160 Å². The van der Waals surface area contributed by atoms with Gasteiger partial charge in [0.1, 0.15) is 0 Å². The van der Waals surface area contributed by atoms with Gasteiger partial charge in [-0.05, 0) is 62.8 Å². The molecule has 0 aromatic carbocycles. The average Bonchev–Trinajstić information content (AvgIpc) is 3.31. The summed E-state index contributed by atoms with van der Waals surface area (Å²) in [6, 6.07) is -0.0489. The van der Waals surface area contributed by atoms with E-state index in [0.29, 0.717) is 18.4 Å². The summed E-state index contributed by atoms with van der Waals surface area (Å²) in [5.41, 5.74) is 2.36. The van der Waals surface area contributed by atoms with Crippen molar-refractivity contribution >= 4 is 11.9 Å². The summed E-state index contributed by atoms with van der Waals surface area (Å²) >= 11 is 0. The van der Waals surface area contributed by atoms with Crippen molar-refractivity contribution in [3.8, 4) is 0 Å². The SMILES string of the molecule is Cn1ncc(C2CC2)c1CNC(=O)N[C@H]1CC[C@@H](C(=O)N2CCCCC2)C1. The molecular formula is C20H31N5O2. The lowest BCUT2D eigenvalue weighted by Gasteiger charge is -2.29. The molecule has 0 unspecified atom stereocenters. The predicted molar refractivity (Wildman–Crippen MR) is 102 cm³/mol. The number of carbonyl (C=O) groups excluding carboxylic acids is 2. The maximum atomic E-state index is 12.6. The Balaban J connectivity index is 1.23. The molecule has 2 heterocycles. The molecule has 0 radical (unpaired) electrons. The third-order valence-electron chi connectivity index (χ3n) is 6.31. The third-order valence-corrected chi connectivity index (χ3v) is 6.31. The second-order valence-electron chi connectivity index (χ2n) is 8.36. The normalized spacial score (nSPS) is 25.4. The highest BCUT2D eigenvalue weighted by atomic mass is 16.2. The first-order valence-corrected chi connectivity index (χ1v) is 10.5. The van der Waals surface area contributed by atoms with Crippen molar-refractivity contribution in [2.24, 2.45) is 13.0 Å². The topological polar surface area (TPSA) is 79.3 Å². The van der Waals surface area contributed by atoms with Gasteiger partial charge in [-0.15, -0.1) is 0 Å². The van der Waals surface area contributed by atoms with Crippen LogP contribution in [0.4, 0.5) is 4.79 Å². The molecule has 1 aromatic heterocycles. The molecule has 4 rings (SSSR count). The molecule has 1 saturated heterocycles. The van der Waals surface area contributed by atoms with E-state index in [0.717, 1.165) is 50.9 Å². The van der Waals surface area contributed by atoms with Gasteiger partial charge in [-0.1, -0.05) is 0 Å². The van der Waals surface area contributed by atoms with Crippen LogP contribution in [0.5, 0.6) is 0 Å². The van der Waals surface area contributed by atoms with Crippen LogP contribution in [0.25, 0.3) is 0 Å². The highest BCUT2D eigenvalue weighted by molar-refractivity contribution is 5.80. The van der Waals surface area contributed by atoms with Crippen LogP contribution in [0.2, 0.25) is 0 Å². The van der Waals surface area contributed by atoms with E-state index >= 15 is 0 Å². The van der Waals surface area contributed by atoms with E-state index in [2.05, 4.69) is 15.7 Å². The number of rotatable bonds is 5. The van der Waals surface area contributed by atoms with Crippen LogP contribution in [0.15, 0.2) is 6.20 Å². The number of aromatic nitrogens is 2. The van der Waals surface area contributed by atoms with Gasteiger partial charge in [-0.25, -0.2) is 4.79 Å². The quantitative estimate of drug-likeness (QED) is 0.831. The molecule has 2 aliphatic carbocycles. The summed E-state index contributed by atoms with van der Waals surface area (Å²) in [5, 5.41) is 10.4. The minimum absolute atomic E-state index is 0.0759. The fraction of sp³-hybridized carbons (Fsp3) is 0.750. The van der Waals surface area contributed by atoms with Gasteiger partial charge in [-0.3, -0.25) is 9.48 Å². The van der Waals surface area contributed by atoms with Crippen molar-refractivity contribution < 1.29 is 9.59 Å². The van der Waals surface area contributed by atoms with Crippen LogP contribution in [0.1, 0.15) is 68.5 Å². The maximum absolute atomic E-state index is 12.6. The molecule has 3 aliphatic rings. The lowest BCUT2D eigenvalue weighted by molar-refractivity contribution is -0.136. The number of nitrogens with zero attached hydrogens (tertiary/aromatic N) is 3. The summed E-state index contributed by atoms with van der Waals surface area (Å²) in [7, 11) is 1.93. The Morgan fingerprint density at radius 1 is 1.15 bits per heavy atom. The minimum Gasteiger partial charge on any atom is -0.342 e. The molecule has 3 amide bonds. The zero-order chi connectivity index (χ0) is 18.8. The smallest absolute Gasteiger partial charge is 0.315 e. The second kappa shape index (κ2) is 7.90. The van der Waals surface area contributed by atoms with Gasteiger partial charge in [0.15, 0.2) is 0 Å². The number of amides is 3. The first-order chi connectivity index (χ1) is 13.1. The number of hydrogen-bond donors (Lipinski definition) is 2. The molecule has 148 valence electrons. The lowest BCUT2D eigenvalue weighted by atomic mass is 10.0. The van der Waals surface area contributed by atoms with Crippen molar-refractivity contribution in [1.29, 1.82) is 0 Å². The molecule has 1 aliphatic heterocycles. The standard InChI is InChI=1S/C20H31N5O2/c1-24-18(17(12-22-24)14-5-6-14)13-21-20(27)23-16-8-7-15(11-16)19(26)25-9-3-2-4-10-25/h12,14-16H,2-11,13H2,1H3,(H2,21,23,27)/t15-,16+/m1/s1. The van der Waals surface area contributed by atoms with Crippen LogP contribution in [0, 0.1) is 5.92 Å². The molecular weight excluding hydrogens is 342 g/mol. The van der Waals surface area contributed by atoms with E-state index in [1.54, 1.807) is 0 Å². The molecule has 0 bridgehead atoms. The van der Waals surface area contributed by atoms with Crippen LogP contribution >= 0.6 is 0 Å². The van der Waals surface area contributed by atoms with Crippen molar-refractivity contribution in [2.75, 3.05) is 13.1 Å². The van der Waals surface area contributed by atoms with Gasteiger partial charge in [0, 0.05) is 32.1 Å². The van der Waals surface area contributed by atoms with E-state index < -0.39 is 0 Å².